The van der Waals surface area contributed by atoms with Gasteiger partial charge in [0, 0.05) is 17.1 Å². The van der Waals surface area contributed by atoms with Crippen LogP contribution in [0.4, 0.5) is 17.1 Å². The molecule has 3 aromatic carbocycles. The minimum Gasteiger partial charge on any atom is -0.311 e. The minimum atomic E-state index is 1.16. The van der Waals surface area contributed by atoms with Crippen LogP contribution < -0.4 is 10.2 Å². The van der Waals surface area contributed by atoms with E-state index >= 15 is 0 Å². The number of benzene rings is 3. The number of anilines is 3. The van der Waals surface area contributed by atoms with E-state index in [9.17, 15) is 0 Å². The lowest BCUT2D eigenvalue weighted by Gasteiger charge is -2.25. The molecule has 0 aliphatic carbocycles. The molecule has 1 unspecified atom stereocenters. The Bertz CT molecular complexity index is 657. The van der Waals surface area contributed by atoms with Crippen LogP contribution in [0, 0.1) is 6.92 Å². The molecule has 0 bridgehead atoms. The molecule has 0 aromatic heterocycles. The van der Waals surface area contributed by atoms with E-state index in [4.69, 9.17) is 0 Å². The van der Waals surface area contributed by atoms with Gasteiger partial charge in [-0.25, -0.2) is 0 Å². The number of hydrogen-bond acceptors (Lipinski definition) is 1. The quantitative estimate of drug-likeness (QED) is 0.616. The fraction of sp³-hybridized carbons (Fsp3) is 0.0526. The lowest BCUT2D eigenvalue weighted by Crippen LogP contribution is -2.10. The summed E-state index contributed by atoms with van der Waals surface area (Å²) in [6.45, 7) is 2.11. The maximum atomic E-state index is 2.73. The largest absolute Gasteiger partial charge is 0.311 e. The van der Waals surface area contributed by atoms with Gasteiger partial charge in [0.15, 0.2) is 0 Å². The molecule has 0 N–H and O–H groups in total. The zero-order valence-electron chi connectivity index (χ0n) is 12.0. The van der Waals surface area contributed by atoms with Crippen molar-refractivity contribution in [1.29, 1.82) is 0 Å². The third-order valence-corrected chi connectivity index (χ3v) is 3.84. The summed E-state index contributed by atoms with van der Waals surface area (Å²) in [7, 11) is 2.73. The molecule has 0 spiro atoms. The highest BCUT2D eigenvalue weighted by molar-refractivity contribution is 7.27. The van der Waals surface area contributed by atoms with Gasteiger partial charge in [-0.1, -0.05) is 48.0 Å². The van der Waals surface area contributed by atoms with E-state index in [2.05, 4.69) is 93.9 Å². The Hall–Kier alpha value is -2.11. The monoisotopic (exact) mass is 291 g/mol. The van der Waals surface area contributed by atoms with Crippen LogP contribution in [0.1, 0.15) is 5.56 Å². The molecule has 0 aliphatic rings. The van der Waals surface area contributed by atoms with Gasteiger partial charge in [0.1, 0.15) is 0 Å². The molecule has 104 valence electrons. The lowest BCUT2D eigenvalue weighted by atomic mass is 10.1. The topological polar surface area (TPSA) is 3.24 Å². The second-order valence-corrected chi connectivity index (χ2v) is 5.76. The molecule has 0 fully saturated rings. The van der Waals surface area contributed by atoms with Gasteiger partial charge in [-0.2, -0.15) is 0 Å². The third-order valence-electron chi connectivity index (χ3n) is 3.46. The van der Waals surface area contributed by atoms with Crippen LogP contribution in [-0.4, -0.2) is 0 Å². The maximum Gasteiger partial charge on any atom is 0.0462 e. The van der Waals surface area contributed by atoms with E-state index in [1.54, 1.807) is 0 Å². The fourth-order valence-corrected chi connectivity index (χ4v) is 2.53. The first kappa shape index (κ1) is 13.9. The van der Waals surface area contributed by atoms with Gasteiger partial charge in [-0.3, -0.25) is 0 Å². The Morgan fingerprint density at radius 2 is 1.10 bits per heavy atom. The number of nitrogens with zero attached hydrogens (tertiary/aromatic N) is 1. The van der Waals surface area contributed by atoms with Gasteiger partial charge in [0.25, 0.3) is 0 Å². The molecule has 2 heteroatoms. The van der Waals surface area contributed by atoms with Crippen molar-refractivity contribution < 1.29 is 0 Å². The first-order valence-electron chi connectivity index (χ1n) is 7.01. The molecular weight excluding hydrogens is 273 g/mol. The van der Waals surface area contributed by atoms with Crippen LogP contribution in [0.3, 0.4) is 0 Å². The molecule has 0 radical (unpaired) electrons. The lowest BCUT2D eigenvalue weighted by molar-refractivity contribution is 1.28. The van der Waals surface area contributed by atoms with Crippen molar-refractivity contribution >= 4 is 31.6 Å². The second kappa shape index (κ2) is 6.11. The van der Waals surface area contributed by atoms with Crippen LogP contribution in [0.15, 0.2) is 78.9 Å². The van der Waals surface area contributed by atoms with Crippen LogP contribution >= 0.6 is 9.24 Å². The second-order valence-electron chi connectivity index (χ2n) is 5.10. The first-order valence-corrected chi connectivity index (χ1v) is 7.59. The number of para-hydroxylation sites is 1. The highest BCUT2D eigenvalue weighted by Crippen LogP contribution is 2.33. The summed E-state index contributed by atoms with van der Waals surface area (Å²) in [6, 6.07) is 27.6. The summed E-state index contributed by atoms with van der Waals surface area (Å²) in [5.74, 6) is 0. The van der Waals surface area contributed by atoms with Crippen LogP contribution in [0.2, 0.25) is 0 Å². The van der Waals surface area contributed by atoms with Gasteiger partial charge in [0.2, 0.25) is 0 Å². The zero-order valence-corrected chi connectivity index (χ0v) is 13.2. The molecule has 0 saturated heterocycles. The molecule has 21 heavy (non-hydrogen) atoms. The number of hydrogen-bond donors (Lipinski definition) is 0. The van der Waals surface area contributed by atoms with Crippen molar-refractivity contribution in [2.24, 2.45) is 0 Å². The Morgan fingerprint density at radius 1 is 0.619 bits per heavy atom. The summed E-state index contributed by atoms with van der Waals surface area (Å²) >= 11 is 0. The van der Waals surface area contributed by atoms with Gasteiger partial charge >= 0.3 is 0 Å². The fourth-order valence-electron chi connectivity index (χ4n) is 2.34. The van der Waals surface area contributed by atoms with Crippen molar-refractivity contribution in [1.82, 2.24) is 0 Å². The summed E-state index contributed by atoms with van der Waals surface area (Å²) in [6.07, 6.45) is 0. The molecule has 0 amide bonds. The molecule has 1 nitrogen and oxygen atoms in total. The highest BCUT2D eigenvalue weighted by Gasteiger charge is 2.11. The Kier molecular flexibility index (Phi) is 4.03. The van der Waals surface area contributed by atoms with Crippen molar-refractivity contribution in [3.63, 3.8) is 0 Å². The van der Waals surface area contributed by atoms with Crippen molar-refractivity contribution in [2.75, 3.05) is 4.90 Å². The summed E-state index contributed by atoms with van der Waals surface area (Å²) in [4.78, 5) is 2.27. The number of aryl methyl sites for hydroxylation is 1. The van der Waals surface area contributed by atoms with Gasteiger partial charge in [0.05, 0.1) is 0 Å². The van der Waals surface area contributed by atoms with Gasteiger partial charge in [-0.15, -0.1) is 9.24 Å². The smallest absolute Gasteiger partial charge is 0.0462 e. The van der Waals surface area contributed by atoms with E-state index in [1.807, 2.05) is 6.07 Å². The van der Waals surface area contributed by atoms with Crippen molar-refractivity contribution in [3.8, 4) is 0 Å². The Morgan fingerprint density at radius 3 is 1.67 bits per heavy atom. The van der Waals surface area contributed by atoms with Crippen LogP contribution in [0.5, 0.6) is 0 Å². The molecule has 3 rings (SSSR count). The first-order chi connectivity index (χ1) is 10.2. The highest BCUT2D eigenvalue weighted by atomic mass is 31.0. The van der Waals surface area contributed by atoms with Crippen molar-refractivity contribution in [3.05, 3.63) is 84.4 Å². The van der Waals surface area contributed by atoms with E-state index in [1.165, 1.54) is 16.6 Å². The summed E-state index contributed by atoms with van der Waals surface area (Å²) in [5, 5.41) is 1.19. The third kappa shape index (κ3) is 3.15. The van der Waals surface area contributed by atoms with E-state index in [0.717, 1.165) is 11.4 Å². The summed E-state index contributed by atoms with van der Waals surface area (Å²) < 4.78 is 0. The van der Waals surface area contributed by atoms with Crippen LogP contribution in [-0.2, 0) is 0 Å². The average Bonchev–Trinajstić information content (AvgIpc) is 2.52. The molecule has 3 aromatic rings. The molecule has 1 atom stereocenters. The normalized spacial score (nSPS) is 10.4. The SMILES string of the molecule is Cc1ccc(N(c2ccccc2)c2ccc(P)cc2)cc1. The van der Waals surface area contributed by atoms with Crippen LogP contribution in [0.25, 0.3) is 0 Å². The van der Waals surface area contributed by atoms with Gasteiger partial charge in [-0.05, 0) is 48.6 Å². The van der Waals surface area contributed by atoms with Crippen molar-refractivity contribution in [2.45, 2.75) is 6.92 Å². The molecule has 0 saturated carbocycles. The predicted octanol–water partition coefficient (Wildman–Crippen LogP) is 4.97. The molecule has 0 heterocycles. The average molecular weight is 291 g/mol. The molecule has 0 aliphatic heterocycles. The van der Waals surface area contributed by atoms with E-state index in [-0.39, 0.29) is 0 Å². The molecular formula is C19H18NP. The standard InChI is InChI=1S/C19H18NP/c1-15-7-9-17(10-8-15)20(16-5-3-2-4-6-16)18-11-13-19(21)14-12-18/h2-14H,21H2,1H3. The maximum absolute atomic E-state index is 2.73. The number of rotatable bonds is 3. The zero-order chi connectivity index (χ0) is 14.7. The van der Waals surface area contributed by atoms with Gasteiger partial charge < -0.3 is 4.90 Å². The van der Waals surface area contributed by atoms with E-state index in [0.29, 0.717) is 0 Å². The minimum absolute atomic E-state index is 1.16. The summed E-state index contributed by atoms with van der Waals surface area (Å²) in [5.41, 5.74) is 4.77. The predicted molar refractivity (Wildman–Crippen MR) is 95.2 cm³/mol. The van der Waals surface area contributed by atoms with E-state index < -0.39 is 0 Å². The Balaban J connectivity index is 2.11. The Labute approximate surface area is 128 Å².